The molecular formula is C18H17ClF3N7O. The number of amides is 1. The first-order chi connectivity index (χ1) is 14.3. The summed E-state index contributed by atoms with van der Waals surface area (Å²) in [5.74, 6) is 0.108. The summed E-state index contributed by atoms with van der Waals surface area (Å²) in [4.78, 5) is 30.2. The summed E-state index contributed by atoms with van der Waals surface area (Å²) in [7, 11) is 0. The van der Waals surface area contributed by atoms with Gasteiger partial charge in [0.2, 0.25) is 5.91 Å². The normalized spacial score (nSPS) is 17.3. The number of H-pyrrole nitrogens is 1. The SMILES string of the molecule is O=C(NCC(F)(F)F)[C@H]1CNCCN1c1ccnc(-c2c[nH]c3ncc(Cl)cc23)n1. The maximum atomic E-state index is 12.5. The average Bonchev–Trinajstić information content (AvgIpc) is 3.14. The predicted octanol–water partition coefficient (Wildman–Crippen LogP) is 2.13. The van der Waals surface area contributed by atoms with Crippen LogP contribution in [0.2, 0.25) is 5.02 Å². The lowest BCUT2D eigenvalue weighted by molar-refractivity contribution is -0.139. The number of aromatic amines is 1. The van der Waals surface area contributed by atoms with Gasteiger partial charge in [-0.15, -0.1) is 0 Å². The van der Waals surface area contributed by atoms with Crippen molar-refractivity contribution in [3.05, 3.63) is 35.7 Å². The van der Waals surface area contributed by atoms with Crippen LogP contribution in [0, 0.1) is 0 Å². The number of piperazine rings is 1. The second kappa shape index (κ2) is 8.07. The third-order valence-corrected chi connectivity index (χ3v) is 4.89. The number of anilines is 1. The van der Waals surface area contributed by atoms with E-state index in [4.69, 9.17) is 11.6 Å². The highest BCUT2D eigenvalue weighted by atomic mass is 35.5. The van der Waals surface area contributed by atoms with E-state index in [1.54, 1.807) is 29.4 Å². The first-order valence-electron chi connectivity index (χ1n) is 9.10. The summed E-state index contributed by atoms with van der Waals surface area (Å²) in [5, 5.41) is 6.17. The molecule has 0 aromatic carbocycles. The van der Waals surface area contributed by atoms with Gasteiger partial charge in [-0.2, -0.15) is 13.2 Å². The molecule has 0 aliphatic carbocycles. The van der Waals surface area contributed by atoms with Crippen LogP contribution >= 0.6 is 11.6 Å². The quantitative estimate of drug-likeness (QED) is 0.576. The molecule has 1 aliphatic heterocycles. The van der Waals surface area contributed by atoms with E-state index >= 15 is 0 Å². The van der Waals surface area contributed by atoms with Crippen molar-refractivity contribution in [1.82, 2.24) is 30.6 Å². The minimum Gasteiger partial charge on any atom is -0.345 e. The number of aromatic nitrogens is 4. The number of carbonyl (C=O) groups excluding carboxylic acids is 1. The van der Waals surface area contributed by atoms with Gasteiger partial charge >= 0.3 is 6.18 Å². The van der Waals surface area contributed by atoms with E-state index in [9.17, 15) is 18.0 Å². The second-order valence-corrected chi connectivity index (χ2v) is 7.17. The van der Waals surface area contributed by atoms with E-state index in [0.717, 1.165) is 5.39 Å². The van der Waals surface area contributed by atoms with Crippen LogP contribution in [0.1, 0.15) is 0 Å². The number of rotatable bonds is 4. The van der Waals surface area contributed by atoms with Crippen molar-refractivity contribution in [1.29, 1.82) is 0 Å². The first kappa shape index (κ1) is 20.4. The molecule has 1 atom stereocenters. The largest absolute Gasteiger partial charge is 0.405 e. The number of nitrogens with zero attached hydrogens (tertiary/aromatic N) is 4. The molecule has 30 heavy (non-hydrogen) atoms. The van der Waals surface area contributed by atoms with Crippen molar-refractivity contribution in [2.24, 2.45) is 0 Å². The van der Waals surface area contributed by atoms with E-state index in [2.05, 4.69) is 25.3 Å². The van der Waals surface area contributed by atoms with Crippen LogP contribution in [-0.4, -0.2) is 64.2 Å². The van der Waals surface area contributed by atoms with Crippen LogP contribution in [-0.2, 0) is 4.79 Å². The van der Waals surface area contributed by atoms with Gasteiger partial charge in [-0.25, -0.2) is 15.0 Å². The standard InChI is InChI=1S/C18H17ClF3N7O/c19-10-5-11-12(7-26-15(11)25-6-10)16-24-2-1-14(28-16)29-4-3-23-8-13(29)17(30)27-9-18(20,21)22/h1-2,5-7,13,23H,3-4,8-9H2,(H,25,26)(H,27,30)/t13-/m1/s1. The van der Waals surface area contributed by atoms with Crippen LogP contribution in [0.5, 0.6) is 0 Å². The third kappa shape index (κ3) is 4.31. The van der Waals surface area contributed by atoms with Gasteiger partial charge in [0.15, 0.2) is 5.82 Å². The highest BCUT2D eigenvalue weighted by Gasteiger charge is 2.33. The van der Waals surface area contributed by atoms with Gasteiger partial charge in [0.1, 0.15) is 24.1 Å². The van der Waals surface area contributed by atoms with E-state index < -0.39 is 24.7 Å². The molecule has 3 N–H and O–H groups in total. The van der Waals surface area contributed by atoms with Crippen LogP contribution in [0.3, 0.4) is 0 Å². The lowest BCUT2D eigenvalue weighted by atomic mass is 10.1. The average molecular weight is 440 g/mol. The van der Waals surface area contributed by atoms with Crippen LogP contribution in [0.25, 0.3) is 22.4 Å². The molecule has 1 amide bonds. The van der Waals surface area contributed by atoms with E-state index in [0.29, 0.717) is 41.0 Å². The maximum absolute atomic E-state index is 12.5. The summed E-state index contributed by atoms with van der Waals surface area (Å²) >= 11 is 6.05. The van der Waals surface area contributed by atoms with Crippen molar-refractivity contribution in [2.75, 3.05) is 31.1 Å². The van der Waals surface area contributed by atoms with Gasteiger partial charge < -0.3 is 20.5 Å². The number of alkyl halides is 3. The molecule has 158 valence electrons. The summed E-state index contributed by atoms with van der Waals surface area (Å²) < 4.78 is 37.5. The number of nitrogens with one attached hydrogen (secondary N) is 3. The van der Waals surface area contributed by atoms with Crippen LogP contribution in [0.4, 0.5) is 19.0 Å². The van der Waals surface area contributed by atoms with Crippen molar-refractivity contribution in [3.63, 3.8) is 0 Å². The molecule has 1 saturated heterocycles. The molecule has 0 bridgehead atoms. The van der Waals surface area contributed by atoms with Gasteiger partial charge in [0, 0.05) is 49.2 Å². The van der Waals surface area contributed by atoms with Crippen LogP contribution in [0.15, 0.2) is 30.7 Å². The van der Waals surface area contributed by atoms with Crippen LogP contribution < -0.4 is 15.5 Å². The van der Waals surface area contributed by atoms with Gasteiger partial charge in [-0.3, -0.25) is 4.79 Å². The van der Waals surface area contributed by atoms with Gasteiger partial charge in [0.25, 0.3) is 0 Å². The molecule has 12 heteroatoms. The molecule has 0 unspecified atom stereocenters. The highest BCUT2D eigenvalue weighted by molar-refractivity contribution is 6.31. The minimum absolute atomic E-state index is 0.204. The molecule has 8 nitrogen and oxygen atoms in total. The van der Waals surface area contributed by atoms with E-state index in [1.807, 2.05) is 5.32 Å². The third-order valence-electron chi connectivity index (χ3n) is 4.68. The number of pyridine rings is 1. The fourth-order valence-electron chi connectivity index (χ4n) is 3.32. The van der Waals surface area contributed by atoms with E-state index in [-0.39, 0.29) is 6.54 Å². The molecule has 1 aliphatic rings. The zero-order valence-corrected chi connectivity index (χ0v) is 16.3. The molecule has 3 aromatic rings. The number of hydrogen-bond donors (Lipinski definition) is 3. The monoisotopic (exact) mass is 439 g/mol. The molecule has 0 spiro atoms. The fraction of sp³-hybridized carbons (Fsp3) is 0.333. The first-order valence-corrected chi connectivity index (χ1v) is 9.47. The lowest BCUT2D eigenvalue weighted by Gasteiger charge is -2.36. The van der Waals surface area contributed by atoms with Gasteiger partial charge in [-0.05, 0) is 12.1 Å². The van der Waals surface area contributed by atoms with Gasteiger partial charge in [0.05, 0.1) is 5.02 Å². The number of hydrogen-bond acceptors (Lipinski definition) is 6. The Kier molecular flexibility index (Phi) is 5.48. The molecule has 3 aromatic heterocycles. The Morgan fingerprint density at radius 3 is 3.00 bits per heavy atom. The Morgan fingerprint density at radius 2 is 2.20 bits per heavy atom. The summed E-state index contributed by atoms with van der Waals surface area (Å²) in [6.07, 6.45) is 0.293. The van der Waals surface area contributed by atoms with Crippen molar-refractivity contribution < 1.29 is 18.0 Å². The Hall–Kier alpha value is -2.92. The van der Waals surface area contributed by atoms with E-state index in [1.165, 1.54) is 6.20 Å². The minimum atomic E-state index is -4.48. The van der Waals surface area contributed by atoms with Crippen molar-refractivity contribution in [3.8, 4) is 11.4 Å². The molecule has 0 saturated carbocycles. The predicted molar refractivity (Wildman–Crippen MR) is 105 cm³/mol. The Bertz CT molecular complexity index is 1070. The number of fused-ring (bicyclic) bond motifs is 1. The summed E-state index contributed by atoms with van der Waals surface area (Å²) in [6.45, 7) is -0.208. The zero-order chi connectivity index (χ0) is 21.3. The lowest BCUT2D eigenvalue weighted by Crippen LogP contribution is -2.59. The number of halogens is 4. The molecular weight excluding hydrogens is 423 g/mol. The summed E-state index contributed by atoms with van der Waals surface area (Å²) in [6, 6.07) is 2.53. The Balaban J connectivity index is 1.63. The fourth-order valence-corrected chi connectivity index (χ4v) is 3.48. The van der Waals surface area contributed by atoms with Gasteiger partial charge in [-0.1, -0.05) is 11.6 Å². The smallest absolute Gasteiger partial charge is 0.345 e. The molecule has 0 radical (unpaired) electrons. The molecule has 4 rings (SSSR count). The topological polar surface area (TPSA) is 98.8 Å². The van der Waals surface area contributed by atoms with Crippen molar-refractivity contribution in [2.45, 2.75) is 12.2 Å². The maximum Gasteiger partial charge on any atom is 0.405 e. The zero-order valence-electron chi connectivity index (χ0n) is 15.5. The highest BCUT2D eigenvalue weighted by Crippen LogP contribution is 2.28. The Labute approximate surface area is 173 Å². The number of carbonyl (C=O) groups is 1. The second-order valence-electron chi connectivity index (χ2n) is 6.74. The molecule has 1 fully saturated rings. The Morgan fingerprint density at radius 1 is 1.37 bits per heavy atom. The summed E-state index contributed by atoms with van der Waals surface area (Å²) in [5.41, 5.74) is 1.30. The van der Waals surface area contributed by atoms with Crippen molar-refractivity contribution >= 4 is 34.4 Å². The molecule has 4 heterocycles.